The number of halogens is 1. The molecule has 0 spiro atoms. The number of benzene rings is 1. The Bertz CT molecular complexity index is 647. The predicted octanol–water partition coefficient (Wildman–Crippen LogP) is 2.36. The van der Waals surface area contributed by atoms with Gasteiger partial charge in [-0.25, -0.2) is 9.97 Å². The highest BCUT2D eigenvalue weighted by Crippen LogP contribution is 2.15. The number of likely N-dealkylation sites (N-methyl/N-ethyl adjacent to an activating group) is 1. The lowest BCUT2D eigenvalue weighted by molar-refractivity contribution is 0.102. The highest BCUT2D eigenvalue weighted by atomic mass is 35.5. The molecule has 0 unspecified atom stereocenters. The second kappa shape index (κ2) is 7.72. The van der Waals surface area contributed by atoms with Gasteiger partial charge in [0.05, 0.1) is 0 Å². The summed E-state index contributed by atoms with van der Waals surface area (Å²) in [6, 6.07) is 8.58. The molecule has 1 heterocycles. The van der Waals surface area contributed by atoms with Gasteiger partial charge in [0.2, 0.25) is 0 Å². The van der Waals surface area contributed by atoms with Gasteiger partial charge < -0.3 is 15.5 Å². The molecule has 1 amide bonds. The van der Waals surface area contributed by atoms with E-state index in [1.165, 1.54) is 6.33 Å². The van der Waals surface area contributed by atoms with Crippen molar-refractivity contribution in [2.24, 2.45) is 0 Å². The zero-order chi connectivity index (χ0) is 15.9. The highest BCUT2D eigenvalue weighted by molar-refractivity contribution is 6.30. The maximum absolute atomic E-state index is 12.2. The van der Waals surface area contributed by atoms with E-state index in [0.717, 1.165) is 13.1 Å². The number of anilines is 2. The highest BCUT2D eigenvalue weighted by Gasteiger charge is 2.09. The van der Waals surface area contributed by atoms with E-state index in [1.54, 1.807) is 30.3 Å². The summed E-state index contributed by atoms with van der Waals surface area (Å²) >= 11 is 5.89. The molecular weight excluding hydrogens is 302 g/mol. The molecule has 116 valence electrons. The summed E-state index contributed by atoms with van der Waals surface area (Å²) in [7, 11) is 3.98. The largest absolute Gasteiger partial charge is 0.369 e. The van der Waals surface area contributed by atoms with Gasteiger partial charge in [-0.1, -0.05) is 17.7 Å². The molecule has 0 aliphatic rings. The van der Waals surface area contributed by atoms with Crippen LogP contribution >= 0.6 is 11.6 Å². The number of rotatable bonds is 6. The Hall–Kier alpha value is -2.18. The SMILES string of the molecule is CN(C)CCNc1cc(C(=O)Nc2cccc(Cl)c2)ncn1. The fraction of sp³-hybridized carbons (Fsp3) is 0.267. The van der Waals surface area contributed by atoms with Crippen LogP contribution in [0.25, 0.3) is 0 Å². The van der Waals surface area contributed by atoms with Gasteiger partial charge >= 0.3 is 0 Å². The van der Waals surface area contributed by atoms with Crippen LogP contribution in [0.4, 0.5) is 11.5 Å². The van der Waals surface area contributed by atoms with Crippen molar-refractivity contribution >= 4 is 29.0 Å². The first kappa shape index (κ1) is 16.2. The monoisotopic (exact) mass is 319 g/mol. The second-order valence-corrected chi connectivity index (χ2v) is 5.42. The smallest absolute Gasteiger partial charge is 0.274 e. The third kappa shape index (κ3) is 4.98. The van der Waals surface area contributed by atoms with E-state index in [-0.39, 0.29) is 5.91 Å². The van der Waals surface area contributed by atoms with Crippen LogP contribution in [0.3, 0.4) is 0 Å². The quantitative estimate of drug-likeness (QED) is 0.855. The van der Waals surface area contributed by atoms with E-state index in [0.29, 0.717) is 22.2 Å². The summed E-state index contributed by atoms with van der Waals surface area (Å²) in [5.41, 5.74) is 0.917. The van der Waals surface area contributed by atoms with Crippen molar-refractivity contribution in [3.05, 3.63) is 47.4 Å². The molecule has 2 N–H and O–H groups in total. The Balaban J connectivity index is 2.00. The molecule has 6 nitrogen and oxygen atoms in total. The Kier molecular flexibility index (Phi) is 5.68. The molecule has 0 bridgehead atoms. The normalized spacial score (nSPS) is 10.5. The van der Waals surface area contributed by atoms with Gasteiger partial charge in [-0.05, 0) is 32.3 Å². The molecule has 0 aliphatic carbocycles. The number of hydrogen-bond donors (Lipinski definition) is 2. The lowest BCUT2D eigenvalue weighted by atomic mass is 10.3. The minimum Gasteiger partial charge on any atom is -0.369 e. The number of aromatic nitrogens is 2. The first-order valence-corrected chi connectivity index (χ1v) is 7.20. The molecule has 7 heteroatoms. The Labute approximate surface area is 134 Å². The van der Waals surface area contributed by atoms with E-state index >= 15 is 0 Å². The number of carbonyl (C=O) groups is 1. The van der Waals surface area contributed by atoms with E-state index in [1.807, 2.05) is 14.1 Å². The summed E-state index contributed by atoms with van der Waals surface area (Å²) in [6.45, 7) is 1.60. The van der Waals surface area contributed by atoms with Gasteiger partial charge in [0.1, 0.15) is 17.8 Å². The summed E-state index contributed by atoms with van der Waals surface area (Å²) < 4.78 is 0. The second-order valence-electron chi connectivity index (χ2n) is 4.98. The van der Waals surface area contributed by atoms with Crippen LogP contribution in [0, 0.1) is 0 Å². The van der Waals surface area contributed by atoms with E-state index in [2.05, 4.69) is 25.5 Å². The van der Waals surface area contributed by atoms with Gasteiger partial charge in [-0.15, -0.1) is 0 Å². The molecule has 1 aromatic heterocycles. The summed E-state index contributed by atoms with van der Waals surface area (Å²) in [5.74, 6) is 0.313. The molecule has 1 aromatic carbocycles. The number of nitrogens with one attached hydrogen (secondary N) is 2. The molecule has 0 radical (unpaired) electrons. The lowest BCUT2D eigenvalue weighted by Gasteiger charge is -2.11. The zero-order valence-corrected chi connectivity index (χ0v) is 13.3. The van der Waals surface area contributed by atoms with Crippen molar-refractivity contribution in [3.63, 3.8) is 0 Å². The Morgan fingerprint density at radius 1 is 1.27 bits per heavy atom. The first-order valence-electron chi connectivity index (χ1n) is 6.82. The topological polar surface area (TPSA) is 70.2 Å². The third-order valence-corrected chi connectivity index (χ3v) is 3.08. The van der Waals surface area contributed by atoms with Crippen molar-refractivity contribution in [3.8, 4) is 0 Å². The van der Waals surface area contributed by atoms with Crippen molar-refractivity contribution in [2.75, 3.05) is 37.8 Å². The van der Waals surface area contributed by atoms with Crippen LogP contribution in [0.5, 0.6) is 0 Å². The number of carbonyl (C=O) groups excluding carboxylic acids is 1. The maximum atomic E-state index is 12.2. The number of amides is 1. The molecule has 22 heavy (non-hydrogen) atoms. The van der Waals surface area contributed by atoms with Crippen LogP contribution in [0.15, 0.2) is 36.7 Å². The Morgan fingerprint density at radius 3 is 2.82 bits per heavy atom. The first-order chi connectivity index (χ1) is 10.5. The minimum absolute atomic E-state index is 0.294. The summed E-state index contributed by atoms with van der Waals surface area (Å²) in [4.78, 5) is 22.3. The van der Waals surface area contributed by atoms with Gasteiger partial charge in [0.15, 0.2) is 0 Å². The molecule has 0 saturated carbocycles. The molecule has 0 aliphatic heterocycles. The molecule has 0 fully saturated rings. The predicted molar refractivity (Wildman–Crippen MR) is 88.5 cm³/mol. The fourth-order valence-corrected chi connectivity index (χ4v) is 1.94. The van der Waals surface area contributed by atoms with Gasteiger partial charge in [0, 0.05) is 29.9 Å². The summed E-state index contributed by atoms with van der Waals surface area (Å²) in [6.07, 6.45) is 1.37. The van der Waals surface area contributed by atoms with Gasteiger partial charge in [0.25, 0.3) is 5.91 Å². The number of hydrogen-bond acceptors (Lipinski definition) is 5. The third-order valence-electron chi connectivity index (χ3n) is 2.85. The van der Waals surface area contributed by atoms with Crippen molar-refractivity contribution in [1.82, 2.24) is 14.9 Å². The van der Waals surface area contributed by atoms with Crippen molar-refractivity contribution in [2.45, 2.75) is 0 Å². The molecule has 0 atom stereocenters. The lowest BCUT2D eigenvalue weighted by Crippen LogP contribution is -2.21. The molecule has 0 saturated heterocycles. The van der Waals surface area contributed by atoms with Crippen LogP contribution < -0.4 is 10.6 Å². The van der Waals surface area contributed by atoms with Crippen molar-refractivity contribution < 1.29 is 4.79 Å². The molecule has 2 aromatic rings. The molecular formula is C15H18ClN5O. The van der Waals surface area contributed by atoms with Gasteiger partial charge in [-0.3, -0.25) is 4.79 Å². The van der Waals surface area contributed by atoms with Crippen molar-refractivity contribution in [1.29, 1.82) is 0 Å². The molecule has 2 rings (SSSR count). The number of nitrogens with zero attached hydrogens (tertiary/aromatic N) is 3. The minimum atomic E-state index is -0.305. The zero-order valence-electron chi connectivity index (χ0n) is 12.5. The van der Waals surface area contributed by atoms with Gasteiger partial charge in [-0.2, -0.15) is 0 Å². The van der Waals surface area contributed by atoms with E-state index < -0.39 is 0 Å². The van der Waals surface area contributed by atoms with Crippen LogP contribution in [0.2, 0.25) is 5.02 Å². The van der Waals surface area contributed by atoms with E-state index in [4.69, 9.17) is 11.6 Å². The van der Waals surface area contributed by atoms with Crippen LogP contribution in [-0.4, -0.2) is 48.0 Å². The van der Waals surface area contributed by atoms with Crippen LogP contribution in [-0.2, 0) is 0 Å². The summed E-state index contributed by atoms with van der Waals surface area (Å²) in [5, 5.41) is 6.46. The van der Waals surface area contributed by atoms with Crippen LogP contribution in [0.1, 0.15) is 10.5 Å². The Morgan fingerprint density at radius 2 is 2.09 bits per heavy atom. The maximum Gasteiger partial charge on any atom is 0.274 e. The standard InChI is InChI=1S/C15H18ClN5O/c1-21(2)7-6-17-14-9-13(18-10-19-14)15(22)20-12-5-3-4-11(16)8-12/h3-5,8-10H,6-7H2,1-2H3,(H,20,22)(H,17,18,19). The fourth-order valence-electron chi connectivity index (χ4n) is 1.75. The van der Waals surface area contributed by atoms with E-state index in [9.17, 15) is 4.79 Å². The average molecular weight is 320 g/mol. The average Bonchev–Trinajstić information content (AvgIpc) is 2.47.